The van der Waals surface area contributed by atoms with E-state index < -0.39 is 0 Å². The number of nitrogens with one attached hydrogen (secondary N) is 1. The topological polar surface area (TPSA) is 51.2 Å². The highest BCUT2D eigenvalue weighted by Crippen LogP contribution is 2.23. The van der Waals surface area contributed by atoms with E-state index in [-0.39, 0.29) is 17.1 Å². The molecule has 0 radical (unpaired) electrons. The zero-order valence-corrected chi connectivity index (χ0v) is 14.4. The van der Waals surface area contributed by atoms with E-state index in [0.29, 0.717) is 11.4 Å². The van der Waals surface area contributed by atoms with Crippen molar-refractivity contribution < 1.29 is 9.53 Å². The van der Waals surface area contributed by atoms with Crippen LogP contribution in [-0.2, 0) is 0 Å². The molecule has 1 aromatic heterocycles. The molecule has 0 atom stereocenters. The average Bonchev–Trinajstić information content (AvgIpc) is 2.66. The summed E-state index contributed by atoms with van der Waals surface area (Å²) in [6.07, 6.45) is 0. The molecular weight excluding hydrogens is 336 g/mol. The van der Waals surface area contributed by atoms with Crippen molar-refractivity contribution in [3.63, 3.8) is 0 Å². The van der Waals surface area contributed by atoms with E-state index in [1.807, 2.05) is 60.7 Å². The van der Waals surface area contributed by atoms with Crippen LogP contribution in [0, 0.1) is 0 Å². The number of hydrogen-bond acceptors (Lipinski definition) is 3. The number of carbonyl (C=O) groups excluding carboxylic acids is 1. The summed E-state index contributed by atoms with van der Waals surface area (Å²) in [5.74, 6) is 0.0499. The molecule has 1 amide bonds. The van der Waals surface area contributed by atoms with Gasteiger partial charge in [-0.25, -0.2) is 4.98 Å². The van der Waals surface area contributed by atoms with Gasteiger partial charge >= 0.3 is 0 Å². The second-order valence-electron chi connectivity index (χ2n) is 5.45. The summed E-state index contributed by atoms with van der Waals surface area (Å²) in [6, 6.07) is 22.4. The predicted molar refractivity (Wildman–Crippen MR) is 98.0 cm³/mol. The zero-order valence-electron chi connectivity index (χ0n) is 13.6. The van der Waals surface area contributed by atoms with Crippen molar-refractivity contribution in [3.05, 3.63) is 94.6 Å². The summed E-state index contributed by atoms with van der Waals surface area (Å²) < 4.78 is 5.08. The van der Waals surface area contributed by atoms with Gasteiger partial charge in [-0.1, -0.05) is 72.3 Å². The number of methoxy groups -OCH3 is 1. The summed E-state index contributed by atoms with van der Waals surface area (Å²) in [4.78, 5) is 16.8. The van der Waals surface area contributed by atoms with E-state index in [1.165, 1.54) is 13.2 Å². The lowest BCUT2D eigenvalue weighted by Crippen LogP contribution is -2.29. The maximum Gasteiger partial charge on any atom is 0.252 e. The normalized spacial score (nSPS) is 10.5. The van der Waals surface area contributed by atoms with Crippen LogP contribution in [0.3, 0.4) is 0 Å². The second kappa shape index (κ2) is 7.81. The lowest BCUT2D eigenvalue weighted by atomic mass is 9.98. The monoisotopic (exact) mass is 352 g/mol. The van der Waals surface area contributed by atoms with Crippen LogP contribution in [0.15, 0.2) is 72.8 Å². The summed E-state index contributed by atoms with van der Waals surface area (Å²) in [6.45, 7) is 0. The number of rotatable bonds is 5. The third kappa shape index (κ3) is 4.17. The standard InChI is InChI=1S/C20H17ClN2O2/c1-25-18-13-16(12-17(21)22-18)20(24)23-19(14-8-4-2-5-9-14)15-10-6-3-7-11-15/h2-13,19H,1H3,(H,23,24). The molecule has 4 nitrogen and oxygen atoms in total. The lowest BCUT2D eigenvalue weighted by Gasteiger charge is -2.20. The number of hydrogen-bond donors (Lipinski definition) is 1. The molecule has 1 heterocycles. The van der Waals surface area contributed by atoms with Crippen molar-refractivity contribution in [1.82, 2.24) is 10.3 Å². The Labute approximate surface area is 151 Å². The number of ether oxygens (including phenoxy) is 1. The molecule has 0 fully saturated rings. The summed E-state index contributed by atoms with van der Waals surface area (Å²) >= 11 is 5.97. The third-order valence-corrected chi connectivity index (χ3v) is 3.98. The molecule has 126 valence electrons. The highest BCUT2D eigenvalue weighted by Gasteiger charge is 2.18. The van der Waals surface area contributed by atoms with Gasteiger partial charge in [0.05, 0.1) is 13.2 Å². The van der Waals surface area contributed by atoms with Crippen LogP contribution in [0.5, 0.6) is 5.88 Å². The van der Waals surface area contributed by atoms with Gasteiger partial charge in [0.2, 0.25) is 5.88 Å². The predicted octanol–water partition coefficient (Wildman–Crippen LogP) is 4.26. The molecule has 0 bridgehead atoms. The maximum absolute atomic E-state index is 12.8. The number of nitrogens with zero attached hydrogens (tertiary/aromatic N) is 1. The molecule has 0 aliphatic carbocycles. The van der Waals surface area contributed by atoms with Crippen LogP contribution in [0.1, 0.15) is 27.5 Å². The highest BCUT2D eigenvalue weighted by atomic mass is 35.5. The van der Waals surface area contributed by atoms with Crippen LogP contribution in [0.4, 0.5) is 0 Å². The molecule has 0 unspecified atom stereocenters. The minimum Gasteiger partial charge on any atom is -0.481 e. The van der Waals surface area contributed by atoms with E-state index in [4.69, 9.17) is 16.3 Å². The van der Waals surface area contributed by atoms with E-state index in [0.717, 1.165) is 11.1 Å². The molecule has 3 rings (SSSR count). The SMILES string of the molecule is COc1cc(C(=O)NC(c2ccccc2)c2ccccc2)cc(Cl)n1. The van der Waals surface area contributed by atoms with Gasteiger partial charge in [-0.2, -0.15) is 0 Å². The molecule has 3 aromatic rings. The molecule has 0 saturated heterocycles. The second-order valence-corrected chi connectivity index (χ2v) is 5.84. The Hall–Kier alpha value is -2.85. The molecule has 0 saturated carbocycles. The molecule has 1 N–H and O–H groups in total. The number of carbonyl (C=O) groups is 1. The average molecular weight is 353 g/mol. The Morgan fingerprint density at radius 1 is 1.00 bits per heavy atom. The van der Waals surface area contributed by atoms with E-state index >= 15 is 0 Å². The smallest absolute Gasteiger partial charge is 0.252 e. The fourth-order valence-electron chi connectivity index (χ4n) is 2.57. The fraction of sp³-hybridized carbons (Fsp3) is 0.100. The summed E-state index contributed by atoms with van der Waals surface area (Å²) in [5.41, 5.74) is 2.39. The van der Waals surface area contributed by atoms with Gasteiger partial charge in [-0.05, 0) is 17.2 Å². The first kappa shape index (κ1) is 17.0. The van der Waals surface area contributed by atoms with Gasteiger partial charge in [0.25, 0.3) is 5.91 Å². The van der Waals surface area contributed by atoms with Crippen LogP contribution < -0.4 is 10.1 Å². The van der Waals surface area contributed by atoms with Gasteiger partial charge in [0.15, 0.2) is 0 Å². The van der Waals surface area contributed by atoms with Crippen molar-refractivity contribution >= 4 is 17.5 Å². The van der Waals surface area contributed by atoms with Crippen LogP contribution in [-0.4, -0.2) is 18.0 Å². The Bertz CT molecular complexity index is 815. The van der Waals surface area contributed by atoms with E-state index in [9.17, 15) is 4.79 Å². The first-order valence-electron chi connectivity index (χ1n) is 7.79. The maximum atomic E-state index is 12.8. The van der Waals surface area contributed by atoms with Crippen molar-refractivity contribution in [2.45, 2.75) is 6.04 Å². The van der Waals surface area contributed by atoms with Gasteiger partial charge in [0, 0.05) is 11.6 Å². The lowest BCUT2D eigenvalue weighted by molar-refractivity contribution is 0.0942. The Balaban J connectivity index is 1.93. The van der Waals surface area contributed by atoms with Gasteiger partial charge in [0.1, 0.15) is 5.15 Å². The number of aromatic nitrogens is 1. The van der Waals surface area contributed by atoms with E-state index in [2.05, 4.69) is 10.3 Å². The van der Waals surface area contributed by atoms with Crippen molar-refractivity contribution in [2.75, 3.05) is 7.11 Å². The Morgan fingerprint density at radius 3 is 2.08 bits per heavy atom. The molecule has 5 heteroatoms. The van der Waals surface area contributed by atoms with Crippen LogP contribution in [0.2, 0.25) is 5.15 Å². The largest absolute Gasteiger partial charge is 0.481 e. The van der Waals surface area contributed by atoms with Crippen LogP contribution in [0.25, 0.3) is 0 Å². The highest BCUT2D eigenvalue weighted by molar-refractivity contribution is 6.29. The summed E-state index contributed by atoms with van der Waals surface area (Å²) in [7, 11) is 1.48. The molecule has 0 aliphatic rings. The number of halogens is 1. The van der Waals surface area contributed by atoms with Gasteiger partial charge < -0.3 is 10.1 Å². The minimum atomic E-state index is -0.271. The first-order chi connectivity index (χ1) is 12.2. The molecule has 25 heavy (non-hydrogen) atoms. The van der Waals surface area contributed by atoms with Crippen molar-refractivity contribution in [1.29, 1.82) is 0 Å². The third-order valence-electron chi connectivity index (χ3n) is 3.78. The zero-order chi connectivity index (χ0) is 17.6. The number of amides is 1. The fourth-order valence-corrected chi connectivity index (χ4v) is 2.77. The van der Waals surface area contributed by atoms with Crippen molar-refractivity contribution in [2.24, 2.45) is 0 Å². The quantitative estimate of drug-likeness (QED) is 0.698. The minimum absolute atomic E-state index is 0.209. The number of benzene rings is 2. The Kier molecular flexibility index (Phi) is 5.31. The van der Waals surface area contributed by atoms with E-state index in [1.54, 1.807) is 6.07 Å². The summed E-state index contributed by atoms with van der Waals surface area (Å²) in [5, 5.41) is 3.27. The number of pyridine rings is 1. The van der Waals surface area contributed by atoms with Crippen molar-refractivity contribution in [3.8, 4) is 5.88 Å². The van der Waals surface area contributed by atoms with Gasteiger partial charge in [-0.15, -0.1) is 0 Å². The van der Waals surface area contributed by atoms with Crippen LogP contribution >= 0.6 is 11.6 Å². The first-order valence-corrected chi connectivity index (χ1v) is 8.17. The molecule has 2 aromatic carbocycles. The molecule has 0 aliphatic heterocycles. The molecular formula is C20H17ClN2O2. The molecule has 0 spiro atoms. The van der Waals surface area contributed by atoms with Gasteiger partial charge in [-0.3, -0.25) is 4.79 Å². The Morgan fingerprint density at radius 2 is 1.56 bits per heavy atom.